The van der Waals surface area contributed by atoms with Gasteiger partial charge < -0.3 is 0 Å². The molecule has 0 aromatic heterocycles. The highest BCUT2D eigenvalue weighted by Gasteiger charge is 2.21. The minimum Gasteiger partial charge on any atom is -0.255 e. The lowest BCUT2D eigenvalue weighted by atomic mass is 10.1. The number of halogens is 1. The van der Waals surface area contributed by atoms with E-state index < -0.39 is 0 Å². The Morgan fingerprint density at radius 2 is 1.67 bits per heavy atom. The van der Waals surface area contributed by atoms with E-state index in [2.05, 4.69) is 12.1 Å². The summed E-state index contributed by atoms with van der Waals surface area (Å²) in [7, 11) is 0. The molecule has 0 saturated heterocycles. The number of hydrazine groups is 1. The zero-order valence-electron chi connectivity index (χ0n) is 7.97. The van der Waals surface area contributed by atoms with Crippen LogP contribution in [-0.2, 0) is 0 Å². The van der Waals surface area contributed by atoms with Gasteiger partial charge >= 0.3 is 0 Å². The van der Waals surface area contributed by atoms with E-state index in [1.807, 2.05) is 52.8 Å². The maximum Gasteiger partial charge on any atom is 0.129 e. The van der Waals surface area contributed by atoms with Gasteiger partial charge in [-0.15, -0.1) is 0 Å². The first-order valence-corrected chi connectivity index (χ1v) is 5.14. The van der Waals surface area contributed by atoms with E-state index in [1.165, 1.54) is 0 Å². The molecule has 0 saturated carbocycles. The Kier molecular flexibility index (Phi) is 1.82. The zero-order valence-corrected chi connectivity index (χ0v) is 8.72. The highest BCUT2D eigenvalue weighted by Crippen LogP contribution is 2.34. The molecule has 1 aromatic carbocycles. The Balaban J connectivity index is 2.20. The molecule has 0 aliphatic carbocycles. The monoisotopic (exact) mass is 216 g/mol. The summed E-state index contributed by atoms with van der Waals surface area (Å²) in [5.74, 6) is 0. The Hall–Kier alpha value is -1.67. The van der Waals surface area contributed by atoms with E-state index in [0.29, 0.717) is 5.16 Å². The summed E-state index contributed by atoms with van der Waals surface area (Å²) in [6, 6.07) is 8.17. The molecule has 2 aliphatic heterocycles. The number of allylic oxidation sites excluding steroid dienone is 2. The molecule has 2 nitrogen and oxygen atoms in total. The molecular weight excluding hydrogens is 208 g/mol. The largest absolute Gasteiger partial charge is 0.255 e. The van der Waals surface area contributed by atoms with E-state index in [0.717, 1.165) is 11.3 Å². The fourth-order valence-corrected chi connectivity index (χ4v) is 2.04. The fourth-order valence-electron chi connectivity index (χ4n) is 1.79. The van der Waals surface area contributed by atoms with Crippen LogP contribution in [0.5, 0.6) is 0 Å². The van der Waals surface area contributed by atoms with Crippen LogP contribution in [0, 0.1) is 0 Å². The predicted octanol–water partition coefficient (Wildman–Crippen LogP) is 3.30. The molecule has 15 heavy (non-hydrogen) atoms. The Morgan fingerprint density at radius 1 is 0.933 bits per heavy atom. The lowest BCUT2D eigenvalue weighted by Crippen LogP contribution is -2.36. The van der Waals surface area contributed by atoms with Crippen LogP contribution in [0.15, 0.2) is 54.0 Å². The van der Waals surface area contributed by atoms with Crippen molar-refractivity contribution in [1.29, 1.82) is 0 Å². The number of hydrogen-bond acceptors (Lipinski definition) is 2. The fraction of sp³-hybridized carbons (Fsp3) is 0. The highest BCUT2D eigenvalue weighted by molar-refractivity contribution is 6.31. The molecule has 0 atom stereocenters. The molecule has 3 heteroatoms. The van der Waals surface area contributed by atoms with E-state index in [9.17, 15) is 0 Å². The second-order valence-corrected chi connectivity index (χ2v) is 3.79. The number of para-hydroxylation sites is 1. The summed E-state index contributed by atoms with van der Waals surface area (Å²) in [5, 5.41) is 4.64. The highest BCUT2D eigenvalue weighted by atomic mass is 35.5. The van der Waals surface area contributed by atoms with Crippen molar-refractivity contribution in [1.82, 2.24) is 5.01 Å². The van der Waals surface area contributed by atoms with Gasteiger partial charge in [0.2, 0.25) is 0 Å². The SMILES string of the molecule is ClC1=Cc2ccccc2N2C=CC=CN12. The predicted molar refractivity (Wildman–Crippen MR) is 62.9 cm³/mol. The first-order valence-electron chi connectivity index (χ1n) is 4.76. The molecule has 0 bridgehead atoms. The molecule has 2 aliphatic rings. The zero-order chi connectivity index (χ0) is 10.3. The average Bonchev–Trinajstić information content (AvgIpc) is 2.30. The number of fused-ring (bicyclic) bond motifs is 3. The van der Waals surface area contributed by atoms with Crippen LogP contribution >= 0.6 is 11.6 Å². The third-order valence-corrected chi connectivity index (χ3v) is 2.76. The summed E-state index contributed by atoms with van der Waals surface area (Å²) in [6.07, 6.45) is 9.85. The number of nitrogens with zero attached hydrogens (tertiary/aromatic N) is 2. The number of benzene rings is 1. The van der Waals surface area contributed by atoms with Gasteiger partial charge in [-0.05, 0) is 24.3 Å². The van der Waals surface area contributed by atoms with E-state index in [4.69, 9.17) is 11.6 Å². The van der Waals surface area contributed by atoms with Gasteiger partial charge in [-0.1, -0.05) is 29.8 Å². The van der Waals surface area contributed by atoms with Crippen molar-refractivity contribution in [2.24, 2.45) is 0 Å². The van der Waals surface area contributed by atoms with Crippen molar-refractivity contribution < 1.29 is 0 Å². The van der Waals surface area contributed by atoms with Crippen molar-refractivity contribution >= 4 is 23.4 Å². The minimum absolute atomic E-state index is 0.703. The van der Waals surface area contributed by atoms with Gasteiger partial charge in [0.05, 0.1) is 5.69 Å². The summed E-state index contributed by atoms with van der Waals surface area (Å²) < 4.78 is 0. The molecule has 0 spiro atoms. The van der Waals surface area contributed by atoms with Gasteiger partial charge in [0, 0.05) is 18.0 Å². The average molecular weight is 217 g/mol. The third kappa shape index (κ3) is 1.26. The standard InChI is InChI=1S/C12H9ClN2/c13-12-9-10-5-1-2-6-11(10)14-7-3-4-8-15(12)14/h1-9H. The Bertz CT molecular complexity index is 488. The van der Waals surface area contributed by atoms with E-state index >= 15 is 0 Å². The molecule has 0 fully saturated rings. The van der Waals surface area contributed by atoms with Crippen molar-refractivity contribution in [3.63, 3.8) is 0 Å². The van der Waals surface area contributed by atoms with Gasteiger partial charge in [0.25, 0.3) is 0 Å². The number of anilines is 1. The van der Waals surface area contributed by atoms with Crippen LogP contribution < -0.4 is 5.01 Å². The summed E-state index contributed by atoms with van der Waals surface area (Å²) >= 11 is 6.18. The van der Waals surface area contributed by atoms with Crippen LogP contribution in [0.2, 0.25) is 0 Å². The third-order valence-electron chi connectivity index (χ3n) is 2.47. The Morgan fingerprint density at radius 3 is 2.53 bits per heavy atom. The normalized spacial score (nSPS) is 17.3. The van der Waals surface area contributed by atoms with Crippen LogP contribution in [0.4, 0.5) is 5.69 Å². The minimum atomic E-state index is 0.703. The topological polar surface area (TPSA) is 6.48 Å². The van der Waals surface area contributed by atoms with Gasteiger partial charge in [0.15, 0.2) is 0 Å². The van der Waals surface area contributed by atoms with Crippen LogP contribution in [-0.4, -0.2) is 5.01 Å². The summed E-state index contributed by atoms with van der Waals surface area (Å²) in [5.41, 5.74) is 2.28. The van der Waals surface area contributed by atoms with Crippen LogP contribution in [0.25, 0.3) is 6.08 Å². The number of rotatable bonds is 0. The van der Waals surface area contributed by atoms with Gasteiger partial charge in [-0.3, -0.25) is 5.01 Å². The van der Waals surface area contributed by atoms with E-state index in [1.54, 1.807) is 0 Å². The number of hydrogen-bond donors (Lipinski definition) is 0. The van der Waals surface area contributed by atoms with Gasteiger partial charge in [0.1, 0.15) is 5.16 Å². The molecule has 0 amide bonds. The smallest absolute Gasteiger partial charge is 0.129 e. The quantitative estimate of drug-likeness (QED) is 0.614. The van der Waals surface area contributed by atoms with Gasteiger partial charge in [-0.25, -0.2) is 5.01 Å². The second kappa shape index (κ2) is 3.17. The molecule has 2 heterocycles. The second-order valence-electron chi connectivity index (χ2n) is 3.40. The molecule has 3 rings (SSSR count). The Labute approximate surface area is 93.3 Å². The summed E-state index contributed by atoms with van der Waals surface area (Å²) in [6.45, 7) is 0. The van der Waals surface area contributed by atoms with Gasteiger partial charge in [-0.2, -0.15) is 0 Å². The summed E-state index contributed by atoms with van der Waals surface area (Å²) in [4.78, 5) is 0. The van der Waals surface area contributed by atoms with Crippen LogP contribution in [0.1, 0.15) is 5.56 Å². The van der Waals surface area contributed by atoms with E-state index in [-0.39, 0.29) is 0 Å². The molecule has 0 radical (unpaired) electrons. The molecule has 0 N–H and O–H groups in total. The molecule has 74 valence electrons. The maximum absolute atomic E-state index is 6.18. The first-order chi connectivity index (χ1) is 7.36. The van der Waals surface area contributed by atoms with Crippen molar-refractivity contribution in [2.45, 2.75) is 0 Å². The lowest BCUT2D eigenvalue weighted by molar-refractivity contribution is 0.491. The molecule has 1 aromatic rings. The van der Waals surface area contributed by atoms with Crippen molar-refractivity contribution in [3.8, 4) is 0 Å². The molecular formula is C12H9ClN2. The van der Waals surface area contributed by atoms with Crippen molar-refractivity contribution in [3.05, 3.63) is 59.5 Å². The molecule has 0 unspecified atom stereocenters. The first kappa shape index (κ1) is 8.62. The lowest BCUT2D eigenvalue weighted by Gasteiger charge is -2.37. The maximum atomic E-state index is 6.18. The van der Waals surface area contributed by atoms with Crippen molar-refractivity contribution in [2.75, 3.05) is 5.01 Å². The van der Waals surface area contributed by atoms with Crippen LogP contribution in [0.3, 0.4) is 0 Å².